The molecule has 4 rings (SSSR count). The topological polar surface area (TPSA) is 66.0 Å². The number of benzene rings is 2. The van der Waals surface area contributed by atoms with Crippen molar-refractivity contribution in [2.24, 2.45) is 0 Å². The van der Waals surface area contributed by atoms with E-state index >= 15 is 0 Å². The van der Waals surface area contributed by atoms with E-state index in [1.165, 1.54) is 18.2 Å². The van der Waals surface area contributed by atoms with Gasteiger partial charge in [0.25, 0.3) is 0 Å². The molecule has 0 spiro atoms. The monoisotopic (exact) mass is 420 g/mol. The van der Waals surface area contributed by atoms with Gasteiger partial charge >= 0.3 is 0 Å². The third-order valence-electron chi connectivity index (χ3n) is 4.64. The number of halogens is 3. The Balaban J connectivity index is 1.76. The maximum atomic E-state index is 13.4. The molecule has 0 saturated heterocycles. The van der Waals surface area contributed by atoms with E-state index in [0.717, 1.165) is 18.4 Å². The Labute approximate surface area is 172 Å². The van der Waals surface area contributed by atoms with Gasteiger partial charge in [-0.1, -0.05) is 23.2 Å². The number of hydrogen-bond donors (Lipinski definition) is 1. The van der Waals surface area contributed by atoms with Gasteiger partial charge in [-0.2, -0.15) is 0 Å². The van der Waals surface area contributed by atoms with Gasteiger partial charge in [0.05, 0.1) is 10.0 Å². The van der Waals surface area contributed by atoms with Crippen molar-refractivity contribution in [2.45, 2.75) is 38.3 Å². The van der Waals surface area contributed by atoms with Crippen LogP contribution in [0.2, 0.25) is 10.0 Å². The van der Waals surface area contributed by atoms with Crippen LogP contribution < -0.4 is 10.5 Å². The standard InChI is InChI=1S/C20H19Cl2FN4O/c1-20(2,28-17-8-3-11(23)9-16(17)22)19-26-25-18(27(19)13-5-6-13)14-7-4-12(24)10-15(14)21/h3-4,7-10,13H,5-6,24H2,1-2H3. The Hall–Kier alpha value is -2.31. The van der Waals surface area contributed by atoms with Crippen LogP contribution in [0.1, 0.15) is 38.6 Å². The molecule has 3 aromatic rings. The van der Waals surface area contributed by atoms with Crippen molar-refractivity contribution >= 4 is 28.9 Å². The molecule has 146 valence electrons. The van der Waals surface area contributed by atoms with E-state index in [1.807, 2.05) is 19.9 Å². The molecule has 0 aliphatic heterocycles. The molecule has 8 heteroatoms. The van der Waals surface area contributed by atoms with Crippen LogP contribution in [0.15, 0.2) is 36.4 Å². The van der Waals surface area contributed by atoms with Crippen molar-refractivity contribution in [1.29, 1.82) is 0 Å². The molecule has 1 saturated carbocycles. The predicted octanol–water partition coefficient (Wildman–Crippen LogP) is 5.62. The Bertz CT molecular complexity index is 1050. The van der Waals surface area contributed by atoms with E-state index in [4.69, 9.17) is 33.7 Å². The molecule has 0 unspecified atom stereocenters. The molecule has 1 heterocycles. The number of nitrogens with two attached hydrogens (primary N) is 1. The van der Waals surface area contributed by atoms with Gasteiger partial charge in [-0.15, -0.1) is 10.2 Å². The maximum absolute atomic E-state index is 13.4. The summed E-state index contributed by atoms with van der Waals surface area (Å²) < 4.78 is 21.5. The Morgan fingerprint density at radius 3 is 2.50 bits per heavy atom. The minimum atomic E-state index is -0.852. The third-order valence-corrected chi connectivity index (χ3v) is 5.25. The quantitative estimate of drug-likeness (QED) is 0.543. The second-order valence-electron chi connectivity index (χ2n) is 7.37. The van der Waals surface area contributed by atoms with Gasteiger partial charge in [-0.25, -0.2) is 4.39 Å². The normalized spacial score (nSPS) is 14.3. The number of hydrogen-bond acceptors (Lipinski definition) is 4. The molecule has 28 heavy (non-hydrogen) atoms. The fourth-order valence-corrected chi connectivity index (χ4v) is 3.63. The van der Waals surface area contributed by atoms with E-state index in [-0.39, 0.29) is 11.1 Å². The number of nitrogen functional groups attached to an aromatic ring is 1. The van der Waals surface area contributed by atoms with Crippen LogP contribution in [0, 0.1) is 5.82 Å². The molecule has 1 aliphatic carbocycles. The van der Waals surface area contributed by atoms with Crippen molar-refractivity contribution in [3.63, 3.8) is 0 Å². The summed E-state index contributed by atoms with van der Waals surface area (Å²) in [6.07, 6.45) is 2.05. The minimum absolute atomic E-state index is 0.201. The summed E-state index contributed by atoms with van der Waals surface area (Å²) in [4.78, 5) is 0. The lowest BCUT2D eigenvalue weighted by molar-refractivity contribution is 0.0937. The Morgan fingerprint density at radius 1 is 1.11 bits per heavy atom. The van der Waals surface area contributed by atoms with Crippen LogP contribution in [-0.4, -0.2) is 14.8 Å². The summed E-state index contributed by atoms with van der Waals surface area (Å²) in [5, 5.41) is 9.53. The van der Waals surface area contributed by atoms with Crippen LogP contribution in [0.5, 0.6) is 5.75 Å². The van der Waals surface area contributed by atoms with Crippen molar-refractivity contribution in [1.82, 2.24) is 14.8 Å². The lowest BCUT2D eigenvalue weighted by Gasteiger charge is -2.27. The summed E-state index contributed by atoms with van der Waals surface area (Å²) in [5.41, 5.74) is 6.31. The average Bonchev–Trinajstić information content (AvgIpc) is 3.36. The van der Waals surface area contributed by atoms with Gasteiger partial charge in [0.15, 0.2) is 17.2 Å². The second-order valence-corrected chi connectivity index (χ2v) is 8.19. The molecule has 2 N–H and O–H groups in total. The first-order valence-electron chi connectivity index (χ1n) is 8.91. The zero-order valence-electron chi connectivity index (χ0n) is 15.4. The molecule has 2 aromatic carbocycles. The summed E-state index contributed by atoms with van der Waals surface area (Å²) >= 11 is 12.5. The van der Waals surface area contributed by atoms with Gasteiger partial charge in [0.2, 0.25) is 0 Å². The Morgan fingerprint density at radius 2 is 1.86 bits per heavy atom. The zero-order chi connectivity index (χ0) is 20.1. The first-order valence-corrected chi connectivity index (χ1v) is 9.66. The molecule has 1 fully saturated rings. The smallest absolute Gasteiger partial charge is 0.177 e. The summed E-state index contributed by atoms with van der Waals surface area (Å²) in [6, 6.07) is 9.64. The maximum Gasteiger partial charge on any atom is 0.177 e. The fraction of sp³-hybridized carbons (Fsp3) is 0.300. The highest BCUT2D eigenvalue weighted by molar-refractivity contribution is 6.33. The summed E-state index contributed by atoms with van der Waals surface area (Å²) in [5.74, 6) is 1.28. The molecule has 0 bridgehead atoms. The fourth-order valence-electron chi connectivity index (χ4n) is 3.16. The second kappa shape index (κ2) is 6.94. The molecule has 0 atom stereocenters. The molecule has 5 nitrogen and oxygen atoms in total. The van der Waals surface area contributed by atoms with E-state index in [2.05, 4.69) is 14.8 Å². The lowest BCUT2D eigenvalue weighted by atomic mass is 10.1. The molecular formula is C20H19Cl2FN4O. The SMILES string of the molecule is CC(C)(Oc1ccc(F)cc1Cl)c1nnc(-c2ccc(N)cc2Cl)n1C1CC1. The van der Waals surface area contributed by atoms with Crippen LogP contribution in [0.3, 0.4) is 0 Å². The van der Waals surface area contributed by atoms with Gasteiger partial charge < -0.3 is 15.0 Å². The van der Waals surface area contributed by atoms with Crippen molar-refractivity contribution < 1.29 is 9.13 Å². The van der Waals surface area contributed by atoms with Gasteiger partial charge in [-0.05, 0) is 63.1 Å². The van der Waals surface area contributed by atoms with Gasteiger partial charge in [-0.3, -0.25) is 0 Å². The number of aromatic nitrogens is 3. The van der Waals surface area contributed by atoms with Crippen LogP contribution in [0.25, 0.3) is 11.4 Å². The highest BCUT2D eigenvalue weighted by Crippen LogP contribution is 2.43. The van der Waals surface area contributed by atoms with Crippen LogP contribution in [-0.2, 0) is 5.60 Å². The number of ether oxygens (including phenoxy) is 1. The van der Waals surface area contributed by atoms with Gasteiger partial charge in [0.1, 0.15) is 11.6 Å². The number of rotatable bonds is 5. The van der Waals surface area contributed by atoms with E-state index in [1.54, 1.807) is 12.1 Å². The average molecular weight is 421 g/mol. The minimum Gasteiger partial charge on any atom is -0.478 e. The highest BCUT2D eigenvalue weighted by Gasteiger charge is 2.38. The zero-order valence-corrected chi connectivity index (χ0v) is 16.9. The van der Waals surface area contributed by atoms with Crippen LogP contribution in [0.4, 0.5) is 10.1 Å². The highest BCUT2D eigenvalue weighted by atomic mass is 35.5. The lowest BCUT2D eigenvalue weighted by Crippen LogP contribution is -2.30. The molecule has 0 amide bonds. The molecule has 1 aliphatic rings. The molecular weight excluding hydrogens is 402 g/mol. The van der Waals surface area contributed by atoms with E-state index in [9.17, 15) is 4.39 Å². The summed E-state index contributed by atoms with van der Waals surface area (Å²) in [7, 11) is 0. The number of anilines is 1. The molecule has 0 radical (unpaired) electrons. The van der Waals surface area contributed by atoms with Crippen LogP contribution >= 0.6 is 23.2 Å². The van der Waals surface area contributed by atoms with Crippen molar-refractivity contribution in [3.8, 4) is 17.1 Å². The van der Waals surface area contributed by atoms with E-state index in [0.29, 0.717) is 28.1 Å². The van der Waals surface area contributed by atoms with E-state index < -0.39 is 11.4 Å². The summed E-state index contributed by atoms with van der Waals surface area (Å²) in [6.45, 7) is 3.76. The predicted molar refractivity (Wildman–Crippen MR) is 108 cm³/mol. The first kappa shape index (κ1) is 19.0. The number of nitrogens with zero attached hydrogens (tertiary/aromatic N) is 3. The van der Waals surface area contributed by atoms with Crippen molar-refractivity contribution in [2.75, 3.05) is 5.73 Å². The van der Waals surface area contributed by atoms with Gasteiger partial charge in [0, 0.05) is 17.3 Å². The Kier molecular flexibility index (Phi) is 4.71. The largest absolute Gasteiger partial charge is 0.478 e. The first-order chi connectivity index (χ1) is 13.3. The van der Waals surface area contributed by atoms with Crippen molar-refractivity contribution in [3.05, 3.63) is 58.1 Å². The third kappa shape index (κ3) is 3.54. The molecule has 1 aromatic heterocycles.